The van der Waals surface area contributed by atoms with Crippen molar-refractivity contribution in [1.82, 2.24) is 19.4 Å². The first-order chi connectivity index (χ1) is 7.97. The van der Waals surface area contributed by atoms with Gasteiger partial charge in [0.2, 0.25) is 0 Å². The number of hydrogen-bond donors (Lipinski definition) is 0. The van der Waals surface area contributed by atoms with E-state index in [-0.39, 0.29) is 0 Å². The molecule has 1 aliphatic rings. The Hall–Kier alpha value is -0.870. The molecule has 0 aromatic carbocycles. The van der Waals surface area contributed by atoms with Crippen molar-refractivity contribution in [2.24, 2.45) is 7.05 Å². The number of aryl methyl sites for hydroxylation is 1. The number of nitrogens with zero attached hydrogens (tertiary/aromatic N) is 4. The van der Waals surface area contributed by atoms with Crippen molar-refractivity contribution in [3.63, 3.8) is 0 Å². The minimum atomic E-state index is 0.304. The Kier molecular flexibility index (Phi) is 3.54. The highest BCUT2D eigenvalue weighted by molar-refractivity contribution is 4.98. The van der Waals surface area contributed by atoms with Crippen molar-refractivity contribution in [3.05, 3.63) is 18.2 Å². The van der Waals surface area contributed by atoms with Gasteiger partial charge in [-0.25, -0.2) is 4.98 Å². The normalized spacial score (nSPS) is 19.8. The molecule has 2 heterocycles. The number of imidazole rings is 1. The second-order valence-corrected chi connectivity index (χ2v) is 5.93. The first-order valence-corrected chi connectivity index (χ1v) is 6.39. The molecular weight excluding hydrogens is 212 g/mol. The Morgan fingerprint density at radius 3 is 2.29 bits per heavy atom. The summed E-state index contributed by atoms with van der Waals surface area (Å²) < 4.78 is 2.11. The molecule has 4 heteroatoms. The topological polar surface area (TPSA) is 24.3 Å². The standard InChI is InChI=1S/C13H24N4/c1-13(2,3)17-7-5-16(6-8-17)10-12-9-14-11-15(12)4/h9,11H,5-8,10H2,1-4H3. The van der Waals surface area contributed by atoms with Crippen LogP contribution >= 0.6 is 0 Å². The van der Waals surface area contributed by atoms with Gasteiger partial charge in [-0.1, -0.05) is 0 Å². The fourth-order valence-electron chi connectivity index (χ4n) is 2.34. The van der Waals surface area contributed by atoms with Crippen molar-refractivity contribution < 1.29 is 0 Å². The van der Waals surface area contributed by atoms with Crippen LogP contribution in [0.5, 0.6) is 0 Å². The molecule has 0 saturated carbocycles. The molecule has 0 amide bonds. The minimum Gasteiger partial charge on any atom is -0.337 e. The van der Waals surface area contributed by atoms with E-state index in [9.17, 15) is 0 Å². The molecule has 4 nitrogen and oxygen atoms in total. The lowest BCUT2D eigenvalue weighted by molar-refractivity contribution is 0.0582. The number of hydrogen-bond acceptors (Lipinski definition) is 3. The predicted octanol–water partition coefficient (Wildman–Crippen LogP) is 1.34. The molecule has 0 bridgehead atoms. The molecule has 2 rings (SSSR count). The maximum absolute atomic E-state index is 4.17. The van der Waals surface area contributed by atoms with Crippen molar-refractivity contribution in [1.29, 1.82) is 0 Å². The van der Waals surface area contributed by atoms with Crippen LogP contribution in [-0.4, -0.2) is 51.1 Å². The summed E-state index contributed by atoms with van der Waals surface area (Å²) in [5.41, 5.74) is 1.60. The highest BCUT2D eigenvalue weighted by atomic mass is 15.3. The van der Waals surface area contributed by atoms with E-state index >= 15 is 0 Å². The molecule has 96 valence electrons. The molecule has 0 N–H and O–H groups in total. The van der Waals surface area contributed by atoms with E-state index in [0.717, 1.165) is 19.6 Å². The lowest BCUT2D eigenvalue weighted by Crippen LogP contribution is -2.53. The first-order valence-electron chi connectivity index (χ1n) is 6.39. The van der Waals surface area contributed by atoms with Gasteiger partial charge in [0.25, 0.3) is 0 Å². The quantitative estimate of drug-likeness (QED) is 0.774. The van der Waals surface area contributed by atoms with E-state index in [2.05, 4.69) is 47.2 Å². The third-order valence-electron chi connectivity index (χ3n) is 3.62. The summed E-state index contributed by atoms with van der Waals surface area (Å²) in [4.78, 5) is 9.24. The second kappa shape index (κ2) is 4.78. The van der Waals surface area contributed by atoms with Crippen molar-refractivity contribution in [3.8, 4) is 0 Å². The number of rotatable bonds is 2. The summed E-state index contributed by atoms with van der Waals surface area (Å²) in [5, 5.41) is 0. The minimum absolute atomic E-state index is 0.304. The maximum Gasteiger partial charge on any atom is 0.0945 e. The molecule has 1 aliphatic heterocycles. The van der Waals surface area contributed by atoms with Gasteiger partial charge >= 0.3 is 0 Å². The van der Waals surface area contributed by atoms with Gasteiger partial charge < -0.3 is 4.57 Å². The van der Waals surface area contributed by atoms with E-state index in [1.54, 1.807) is 0 Å². The summed E-state index contributed by atoms with van der Waals surface area (Å²) in [6, 6.07) is 0. The smallest absolute Gasteiger partial charge is 0.0945 e. The van der Waals surface area contributed by atoms with Crippen LogP contribution in [0, 0.1) is 0 Å². The Morgan fingerprint density at radius 1 is 1.18 bits per heavy atom. The molecule has 0 radical (unpaired) electrons. The Bertz CT molecular complexity index is 356. The molecule has 1 aromatic heterocycles. The molecular formula is C13H24N4. The van der Waals surface area contributed by atoms with E-state index in [4.69, 9.17) is 0 Å². The molecule has 17 heavy (non-hydrogen) atoms. The largest absolute Gasteiger partial charge is 0.337 e. The van der Waals surface area contributed by atoms with Gasteiger partial charge in [-0.05, 0) is 20.8 Å². The fourth-order valence-corrected chi connectivity index (χ4v) is 2.34. The third-order valence-corrected chi connectivity index (χ3v) is 3.62. The molecule has 1 fully saturated rings. The fraction of sp³-hybridized carbons (Fsp3) is 0.769. The first kappa shape index (κ1) is 12.6. The highest BCUT2D eigenvalue weighted by Gasteiger charge is 2.25. The van der Waals surface area contributed by atoms with E-state index < -0.39 is 0 Å². The summed E-state index contributed by atoms with van der Waals surface area (Å²) in [6.45, 7) is 12.6. The molecule has 1 aromatic rings. The summed E-state index contributed by atoms with van der Waals surface area (Å²) in [5.74, 6) is 0. The van der Waals surface area contributed by atoms with Gasteiger partial charge in [0.15, 0.2) is 0 Å². The predicted molar refractivity (Wildman–Crippen MR) is 69.8 cm³/mol. The lowest BCUT2D eigenvalue weighted by Gasteiger charge is -2.42. The van der Waals surface area contributed by atoms with E-state index in [1.807, 2.05) is 12.5 Å². The number of aromatic nitrogens is 2. The van der Waals surface area contributed by atoms with Crippen LogP contribution in [0.25, 0.3) is 0 Å². The van der Waals surface area contributed by atoms with Crippen molar-refractivity contribution in [2.75, 3.05) is 26.2 Å². The van der Waals surface area contributed by atoms with Gasteiger partial charge in [0.1, 0.15) is 0 Å². The van der Waals surface area contributed by atoms with Gasteiger partial charge in [0.05, 0.1) is 12.0 Å². The Balaban J connectivity index is 1.86. The SMILES string of the molecule is Cn1cncc1CN1CCN(C(C)(C)C)CC1. The van der Waals surface area contributed by atoms with Crippen LogP contribution in [0.1, 0.15) is 26.5 Å². The summed E-state index contributed by atoms with van der Waals surface area (Å²) in [6.07, 6.45) is 3.84. The average molecular weight is 236 g/mol. The molecule has 0 aliphatic carbocycles. The zero-order valence-electron chi connectivity index (χ0n) is 11.5. The van der Waals surface area contributed by atoms with Gasteiger partial charge in [0, 0.05) is 51.5 Å². The average Bonchev–Trinajstić information content (AvgIpc) is 2.64. The van der Waals surface area contributed by atoms with Crippen LogP contribution < -0.4 is 0 Å². The van der Waals surface area contributed by atoms with Gasteiger partial charge in [-0.15, -0.1) is 0 Å². The summed E-state index contributed by atoms with van der Waals surface area (Å²) in [7, 11) is 2.06. The zero-order chi connectivity index (χ0) is 12.5. The highest BCUT2D eigenvalue weighted by Crippen LogP contribution is 2.16. The van der Waals surface area contributed by atoms with Crippen LogP contribution in [0.2, 0.25) is 0 Å². The molecule has 0 unspecified atom stereocenters. The van der Waals surface area contributed by atoms with Crippen molar-refractivity contribution in [2.45, 2.75) is 32.9 Å². The van der Waals surface area contributed by atoms with Gasteiger partial charge in [-0.2, -0.15) is 0 Å². The lowest BCUT2D eigenvalue weighted by atomic mass is 10.0. The van der Waals surface area contributed by atoms with E-state index in [0.29, 0.717) is 5.54 Å². The third kappa shape index (κ3) is 3.07. The van der Waals surface area contributed by atoms with Crippen LogP contribution in [-0.2, 0) is 13.6 Å². The monoisotopic (exact) mass is 236 g/mol. The van der Waals surface area contributed by atoms with Crippen LogP contribution in [0.15, 0.2) is 12.5 Å². The van der Waals surface area contributed by atoms with Crippen molar-refractivity contribution >= 4 is 0 Å². The second-order valence-electron chi connectivity index (χ2n) is 5.93. The van der Waals surface area contributed by atoms with Crippen LogP contribution in [0.3, 0.4) is 0 Å². The van der Waals surface area contributed by atoms with Gasteiger partial charge in [-0.3, -0.25) is 9.80 Å². The number of piperazine rings is 1. The molecule has 0 spiro atoms. The molecule has 0 atom stereocenters. The van der Waals surface area contributed by atoms with E-state index in [1.165, 1.54) is 18.8 Å². The molecule has 1 saturated heterocycles. The zero-order valence-corrected chi connectivity index (χ0v) is 11.5. The Labute approximate surface area is 104 Å². The summed E-state index contributed by atoms with van der Waals surface area (Å²) >= 11 is 0. The van der Waals surface area contributed by atoms with Crippen LogP contribution in [0.4, 0.5) is 0 Å². The maximum atomic E-state index is 4.17. The Morgan fingerprint density at radius 2 is 1.82 bits per heavy atom.